The Morgan fingerprint density at radius 1 is 1.56 bits per heavy atom. The minimum Gasteiger partial charge on any atom is -0.311 e. The molecule has 0 bridgehead atoms. The Morgan fingerprint density at radius 2 is 2.22 bits per heavy atom. The Balaban J connectivity index is 2.35. The smallest absolute Gasteiger partial charge is 0.0291 e. The second-order valence-electron chi connectivity index (χ2n) is 2.74. The molecule has 0 aromatic carbocycles. The number of hydrogen-bond donors (Lipinski definition) is 1. The van der Waals surface area contributed by atoms with Crippen molar-refractivity contribution in [1.82, 2.24) is 8.43 Å². The van der Waals surface area contributed by atoms with Crippen LogP contribution in [0.4, 0.5) is 0 Å². The molecule has 1 aliphatic rings. The quantitative estimate of drug-likeness (QED) is 0.502. The van der Waals surface area contributed by atoms with Gasteiger partial charge in [-0.3, -0.25) is 0 Å². The zero-order valence-corrected chi connectivity index (χ0v) is 8.05. The number of halogens is 1. The first-order valence-electron chi connectivity index (χ1n) is 3.36. The van der Waals surface area contributed by atoms with Gasteiger partial charge in [-0.15, -0.1) is 0 Å². The van der Waals surface area contributed by atoms with Gasteiger partial charge in [0.1, 0.15) is 0 Å². The lowest BCUT2D eigenvalue weighted by Gasteiger charge is -2.32. The van der Waals surface area contributed by atoms with Crippen molar-refractivity contribution in [2.45, 2.75) is 25.9 Å². The molecular weight excluding hydrogens is 227 g/mol. The van der Waals surface area contributed by atoms with E-state index in [2.05, 4.69) is 45.1 Å². The van der Waals surface area contributed by atoms with Crippen LogP contribution in [-0.2, 0) is 0 Å². The van der Waals surface area contributed by atoms with Crippen LogP contribution < -0.4 is 5.32 Å². The van der Waals surface area contributed by atoms with Crippen molar-refractivity contribution in [3.63, 3.8) is 0 Å². The van der Waals surface area contributed by atoms with E-state index in [1.165, 1.54) is 6.54 Å². The van der Waals surface area contributed by atoms with Crippen molar-refractivity contribution in [3.05, 3.63) is 0 Å². The molecule has 0 radical (unpaired) electrons. The second-order valence-corrected chi connectivity index (χ2v) is 3.98. The number of nitrogens with zero attached hydrogens (tertiary/aromatic N) is 1. The van der Waals surface area contributed by atoms with E-state index in [9.17, 15) is 0 Å². The van der Waals surface area contributed by atoms with E-state index in [0.29, 0.717) is 12.1 Å². The Bertz CT molecular complexity index is 97.1. The van der Waals surface area contributed by atoms with Gasteiger partial charge in [0.2, 0.25) is 0 Å². The lowest BCUT2D eigenvalue weighted by Crippen LogP contribution is -2.50. The third kappa shape index (κ3) is 2.05. The molecule has 0 spiro atoms. The van der Waals surface area contributed by atoms with Crippen LogP contribution >= 0.6 is 22.9 Å². The molecule has 2 atom stereocenters. The van der Waals surface area contributed by atoms with E-state index in [4.69, 9.17) is 0 Å². The van der Waals surface area contributed by atoms with Crippen LogP contribution in [-0.4, -0.2) is 28.3 Å². The predicted molar refractivity (Wildman–Crippen MR) is 47.7 cm³/mol. The van der Waals surface area contributed by atoms with Gasteiger partial charge in [-0.1, -0.05) is 0 Å². The van der Waals surface area contributed by atoms with E-state index in [-0.39, 0.29) is 0 Å². The van der Waals surface area contributed by atoms with Crippen molar-refractivity contribution in [2.24, 2.45) is 0 Å². The number of nitrogens with one attached hydrogen (secondary N) is 1. The average Bonchev–Trinajstić information content (AvgIpc) is 1.80. The maximum absolute atomic E-state index is 3.42. The maximum Gasteiger partial charge on any atom is 0.0291 e. The van der Waals surface area contributed by atoms with E-state index in [1.807, 2.05) is 0 Å². The van der Waals surface area contributed by atoms with E-state index >= 15 is 0 Å². The summed E-state index contributed by atoms with van der Waals surface area (Å²) in [6, 6.07) is 1.36. The summed E-state index contributed by atoms with van der Waals surface area (Å²) in [4.78, 5) is 0. The lowest BCUT2D eigenvalue weighted by atomic mass is 10.2. The standard InChI is InChI=1S/C6H13IN2/c1-5-4-9(7)6(2)3-8-5/h5-6,8H,3-4H2,1-2H3. The molecule has 9 heavy (non-hydrogen) atoms. The summed E-state index contributed by atoms with van der Waals surface area (Å²) in [5.41, 5.74) is 0. The molecule has 0 aromatic heterocycles. The fraction of sp³-hybridized carbons (Fsp3) is 1.00. The highest BCUT2D eigenvalue weighted by Gasteiger charge is 2.19. The molecular formula is C6H13IN2. The van der Waals surface area contributed by atoms with Gasteiger partial charge >= 0.3 is 0 Å². The fourth-order valence-corrected chi connectivity index (χ4v) is 1.76. The van der Waals surface area contributed by atoms with E-state index in [0.717, 1.165) is 6.54 Å². The van der Waals surface area contributed by atoms with Crippen LogP contribution in [0, 0.1) is 0 Å². The summed E-state index contributed by atoms with van der Waals surface area (Å²) in [6.45, 7) is 6.76. The molecule has 1 rings (SSSR count). The monoisotopic (exact) mass is 240 g/mol. The van der Waals surface area contributed by atoms with Gasteiger partial charge in [-0.25, -0.2) is 3.11 Å². The fourth-order valence-electron chi connectivity index (χ4n) is 0.977. The number of rotatable bonds is 0. The van der Waals surface area contributed by atoms with Crippen molar-refractivity contribution >= 4 is 22.9 Å². The van der Waals surface area contributed by atoms with Crippen LogP contribution in [0.1, 0.15) is 13.8 Å². The zero-order valence-electron chi connectivity index (χ0n) is 5.89. The molecule has 0 aromatic rings. The first kappa shape index (κ1) is 7.75. The molecule has 0 amide bonds. The van der Waals surface area contributed by atoms with Gasteiger partial charge in [-0.2, -0.15) is 0 Å². The van der Waals surface area contributed by atoms with Crippen molar-refractivity contribution in [3.8, 4) is 0 Å². The van der Waals surface area contributed by atoms with Crippen molar-refractivity contribution in [1.29, 1.82) is 0 Å². The molecule has 0 aliphatic carbocycles. The Labute approximate surface area is 70.5 Å². The molecule has 0 saturated carbocycles. The lowest BCUT2D eigenvalue weighted by molar-refractivity contribution is 0.286. The molecule has 2 nitrogen and oxygen atoms in total. The third-order valence-corrected chi connectivity index (χ3v) is 3.03. The summed E-state index contributed by atoms with van der Waals surface area (Å²) in [5.74, 6) is 0. The highest BCUT2D eigenvalue weighted by Crippen LogP contribution is 2.10. The Hall–Kier alpha value is 0.650. The minimum absolute atomic E-state index is 0.665. The van der Waals surface area contributed by atoms with Crippen LogP contribution in [0.5, 0.6) is 0 Å². The summed E-state index contributed by atoms with van der Waals surface area (Å²) in [6.07, 6.45) is 0. The maximum atomic E-state index is 3.42. The van der Waals surface area contributed by atoms with Gasteiger partial charge in [0, 0.05) is 48.0 Å². The summed E-state index contributed by atoms with van der Waals surface area (Å²) in [7, 11) is 0. The Kier molecular flexibility index (Phi) is 2.73. The van der Waals surface area contributed by atoms with E-state index < -0.39 is 0 Å². The first-order valence-corrected chi connectivity index (χ1v) is 4.32. The molecule has 1 N–H and O–H groups in total. The van der Waals surface area contributed by atoms with E-state index in [1.54, 1.807) is 0 Å². The van der Waals surface area contributed by atoms with Gasteiger partial charge in [0.25, 0.3) is 0 Å². The van der Waals surface area contributed by atoms with Crippen molar-refractivity contribution < 1.29 is 0 Å². The highest BCUT2D eigenvalue weighted by molar-refractivity contribution is 14.1. The second kappa shape index (κ2) is 3.16. The van der Waals surface area contributed by atoms with Crippen molar-refractivity contribution in [2.75, 3.05) is 13.1 Å². The van der Waals surface area contributed by atoms with Crippen LogP contribution in [0.3, 0.4) is 0 Å². The molecule has 3 heteroatoms. The van der Waals surface area contributed by atoms with Gasteiger partial charge in [-0.05, 0) is 13.8 Å². The first-order chi connectivity index (χ1) is 4.20. The summed E-state index contributed by atoms with van der Waals surface area (Å²) < 4.78 is 2.36. The normalized spacial score (nSPS) is 39.0. The molecule has 1 saturated heterocycles. The topological polar surface area (TPSA) is 15.3 Å². The minimum atomic E-state index is 0.665. The van der Waals surface area contributed by atoms with Crippen LogP contribution in [0.25, 0.3) is 0 Å². The largest absolute Gasteiger partial charge is 0.311 e. The molecule has 54 valence electrons. The molecule has 2 unspecified atom stereocenters. The molecule has 1 heterocycles. The van der Waals surface area contributed by atoms with Crippen LogP contribution in [0.15, 0.2) is 0 Å². The third-order valence-electron chi connectivity index (χ3n) is 1.69. The average molecular weight is 240 g/mol. The van der Waals surface area contributed by atoms with Gasteiger partial charge in [0.15, 0.2) is 0 Å². The van der Waals surface area contributed by atoms with Gasteiger partial charge < -0.3 is 5.32 Å². The zero-order chi connectivity index (χ0) is 6.85. The van der Waals surface area contributed by atoms with Gasteiger partial charge in [0.05, 0.1) is 0 Å². The molecule has 1 aliphatic heterocycles. The SMILES string of the molecule is CC1CN(I)C(C)CN1. The Morgan fingerprint density at radius 3 is 2.67 bits per heavy atom. The summed E-state index contributed by atoms with van der Waals surface area (Å²) in [5, 5.41) is 3.42. The number of hydrogen-bond acceptors (Lipinski definition) is 2. The van der Waals surface area contributed by atoms with Crippen LogP contribution in [0.2, 0.25) is 0 Å². The predicted octanol–water partition coefficient (Wildman–Crippen LogP) is 1.02. The summed E-state index contributed by atoms with van der Waals surface area (Å²) >= 11 is 2.39. The number of piperazine rings is 1. The molecule has 1 fully saturated rings. The highest BCUT2D eigenvalue weighted by atomic mass is 127.